The van der Waals surface area contributed by atoms with Gasteiger partial charge in [-0.25, -0.2) is 13.1 Å². The van der Waals surface area contributed by atoms with Gasteiger partial charge in [-0.05, 0) is 24.5 Å². The normalized spacial score (nSPS) is 13.4. The van der Waals surface area contributed by atoms with Gasteiger partial charge in [0.25, 0.3) is 0 Å². The highest BCUT2D eigenvalue weighted by molar-refractivity contribution is 7.88. The summed E-state index contributed by atoms with van der Waals surface area (Å²) in [5.41, 5.74) is 7.28. The first-order chi connectivity index (χ1) is 8.98. The molecule has 0 aromatic heterocycles. The summed E-state index contributed by atoms with van der Waals surface area (Å²) < 4.78 is 26.9. The third kappa shape index (κ3) is 5.72. The van der Waals surface area contributed by atoms with Gasteiger partial charge in [0.2, 0.25) is 10.0 Å². The monoisotopic (exact) mass is 284 g/mol. The third-order valence-corrected chi connectivity index (χ3v) is 4.51. The van der Waals surface area contributed by atoms with E-state index in [1.54, 1.807) is 0 Å². The van der Waals surface area contributed by atoms with E-state index in [0.29, 0.717) is 6.54 Å². The molecule has 0 spiro atoms. The van der Waals surface area contributed by atoms with Crippen LogP contribution in [0.4, 0.5) is 0 Å². The zero-order valence-electron chi connectivity index (χ0n) is 11.7. The van der Waals surface area contributed by atoms with E-state index in [4.69, 9.17) is 5.73 Å². The van der Waals surface area contributed by atoms with E-state index in [0.717, 1.165) is 30.4 Å². The first kappa shape index (κ1) is 16.1. The van der Waals surface area contributed by atoms with E-state index in [1.807, 2.05) is 31.2 Å². The molecule has 3 N–H and O–H groups in total. The Bertz CT molecular complexity index is 486. The molecule has 0 aliphatic heterocycles. The molecule has 0 saturated heterocycles. The minimum Gasteiger partial charge on any atom is -0.326 e. The van der Waals surface area contributed by atoms with E-state index in [-0.39, 0.29) is 11.8 Å². The Kier molecular flexibility index (Phi) is 6.48. The predicted molar refractivity (Wildman–Crippen MR) is 79.1 cm³/mol. The summed E-state index contributed by atoms with van der Waals surface area (Å²) in [4.78, 5) is 0. The fourth-order valence-corrected chi connectivity index (χ4v) is 3.52. The number of sulfonamides is 1. The van der Waals surface area contributed by atoms with E-state index in [9.17, 15) is 8.42 Å². The Morgan fingerprint density at radius 1 is 1.26 bits per heavy atom. The molecule has 0 radical (unpaired) electrons. The van der Waals surface area contributed by atoms with Crippen molar-refractivity contribution in [3.05, 3.63) is 35.4 Å². The van der Waals surface area contributed by atoms with Crippen LogP contribution < -0.4 is 10.5 Å². The summed E-state index contributed by atoms with van der Waals surface area (Å²) in [6, 6.07) is 7.37. The quantitative estimate of drug-likeness (QED) is 0.768. The molecule has 1 aromatic carbocycles. The molecule has 0 amide bonds. The highest BCUT2D eigenvalue weighted by Crippen LogP contribution is 2.12. The Hall–Kier alpha value is -0.910. The summed E-state index contributed by atoms with van der Waals surface area (Å²) in [5.74, 6) is -0.00314. The molecule has 1 atom stereocenters. The van der Waals surface area contributed by atoms with Crippen molar-refractivity contribution in [3.8, 4) is 0 Å². The van der Waals surface area contributed by atoms with Crippen molar-refractivity contribution in [2.24, 2.45) is 5.73 Å². The van der Waals surface area contributed by atoms with Crippen LogP contribution in [0.1, 0.15) is 44.2 Å². The van der Waals surface area contributed by atoms with Crippen LogP contribution in [0, 0.1) is 0 Å². The van der Waals surface area contributed by atoms with Crippen molar-refractivity contribution in [2.75, 3.05) is 0 Å². The molecule has 0 fully saturated rings. The number of nitrogens with two attached hydrogens (primary N) is 1. The second kappa shape index (κ2) is 7.62. The molecule has 108 valence electrons. The molecule has 0 bridgehead atoms. The minimum atomic E-state index is -3.30. The molecule has 1 unspecified atom stereocenters. The summed E-state index contributed by atoms with van der Waals surface area (Å²) in [7, 11) is -3.30. The van der Waals surface area contributed by atoms with Gasteiger partial charge in [0.1, 0.15) is 0 Å². The van der Waals surface area contributed by atoms with Gasteiger partial charge in [-0.3, -0.25) is 0 Å². The fraction of sp³-hybridized carbons (Fsp3) is 0.571. The summed E-state index contributed by atoms with van der Waals surface area (Å²) >= 11 is 0. The van der Waals surface area contributed by atoms with Crippen LogP contribution >= 0.6 is 0 Å². The molecule has 0 heterocycles. The Morgan fingerprint density at radius 2 is 1.89 bits per heavy atom. The number of rotatable bonds is 8. The zero-order chi connectivity index (χ0) is 14.3. The van der Waals surface area contributed by atoms with Crippen molar-refractivity contribution >= 4 is 10.0 Å². The maximum Gasteiger partial charge on any atom is 0.216 e. The zero-order valence-corrected chi connectivity index (χ0v) is 12.5. The number of nitrogens with one attached hydrogen (secondary N) is 1. The average molecular weight is 284 g/mol. The van der Waals surface area contributed by atoms with Crippen LogP contribution in [-0.2, 0) is 22.3 Å². The average Bonchev–Trinajstić information content (AvgIpc) is 2.36. The van der Waals surface area contributed by atoms with Crippen molar-refractivity contribution in [1.29, 1.82) is 0 Å². The number of hydrogen-bond donors (Lipinski definition) is 2. The molecule has 1 aromatic rings. The first-order valence-corrected chi connectivity index (χ1v) is 8.40. The van der Waals surface area contributed by atoms with Crippen LogP contribution in [-0.4, -0.2) is 14.5 Å². The highest BCUT2D eigenvalue weighted by atomic mass is 32.2. The van der Waals surface area contributed by atoms with Crippen LogP contribution in [0.2, 0.25) is 0 Å². The predicted octanol–water partition coefficient (Wildman–Crippen LogP) is 2.14. The van der Waals surface area contributed by atoms with Crippen molar-refractivity contribution in [2.45, 2.75) is 51.4 Å². The summed E-state index contributed by atoms with van der Waals surface area (Å²) in [6.07, 6.45) is 2.97. The lowest BCUT2D eigenvalue weighted by molar-refractivity contribution is 0.533. The van der Waals surface area contributed by atoms with Gasteiger partial charge in [-0.2, -0.15) is 0 Å². The lowest BCUT2D eigenvalue weighted by Gasteiger charge is -2.15. The van der Waals surface area contributed by atoms with Gasteiger partial charge in [0, 0.05) is 12.6 Å². The Balaban J connectivity index is 2.68. The van der Waals surface area contributed by atoms with Crippen molar-refractivity contribution in [1.82, 2.24) is 4.72 Å². The minimum absolute atomic E-state index is 0.00314. The lowest BCUT2D eigenvalue weighted by Crippen LogP contribution is -2.33. The number of benzene rings is 1. The van der Waals surface area contributed by atoms with Crippen molar-refractivity contribution in [3.63, 3.8) is 0 Å². The highest BCUT2D eigenvalue weighted by Gasteiger charge is 2.16. The van der Waals surface area contributed by atoms with Crippen LogP contribution in [0.5, 0.6) is 0 Å². The second-order valence-corrected chi connectivity index (χ2v) is 6.65. The van der Waals surface area contributed by atoms with Crippen LogP contribution in [0.15, 0.2) is 24.3 Å². The van der Waals surface area contributed by atoms with Gasteiger partial charge in [0.15, 0.2) is 0 Å². The maximum absolute atomic E-state index is 12.1. The summed E-state index contributed by atoms with van der Waals surface area (Å²) in [6.45, 7) is 4.36. The number of hydrogen-bond acceptors (Lipinski definition) is 3. The SMILES string of the molecule is CCCCC(C)NS(=O)(=O)Cc1ccccc1CN. The van der Waals surface area contributed by atoms with Crippen LogP contribution in [0.3, 0.4) is 0 Å². The molecule has 0 aliphatic carbocycles. The molecule has 5 heteroatoms. The molecule has 1 rings (SSSR count). The Labute approximate surface area is 116 Å². The van der Waals surface area contributed by atoms with E-state index < -0.39 is 10.0 Å². The van der Waals surface area contributed by atoms with E-state index >= 15 is 0 Å². The maximum atomic E-state index is 12.1. The van der Waals surface area contributed by atoms with Gasteiger partial charge >= 0.3 is 0 Å². The smallest absolute Gasteiger partial charge is 0.216 e. The van der Waals surface area contributed by atoms with Gasteiger partial charge < -0.3 is 5.73 Å². The standard InChI is InChI=1S/C14H24N2O2S/c1-3-4-7-12(2)16-19(17,18)11-14-9-6-5-8-13(14)10-15/h5-6,8-9,12,16H,3-4,7,10-11,15H2,1-2H3. The van der Waals surface area contributed by atoms with E-state index in [2.05, 4.69) is 11.6 Å². The molecular formula is C14H24N2O2S. The summed E-state index contributed by atoms with van der Waals surface area (Å²) in [5, 5.41) is 0. The Morgan fingerprint density at radius 3 is 2.47 bits per heavy atom. The van der Waals surface area contributed by atoms with Crippen LogP contribution in [0.25, 0.3) is 0 Å². The van der Waals surface area contributed by atoms with Gasteiger partial charge in [-0.15, -0.1) is 0 Å². The molecule has 0 saturated carbocycles. The topological polar surface area (TPSA) is 72.2 Å². The second-order valence-electron chi connectivity index (χ2n) is 4.89. The lowest BCUT2D eigenvalue weighted by atomic mass is 10.1. The number of unbranched alkanes of at least 4 members (excludes halogenated alkanes) is 1. The third-order valence-electron chi connectivity index (χ3n) is 3.06. The van der Waals surface area contributed by atoms with Gasteiger partial charge in [-0.1, -0.05) is 44.0 Å². The van der Waals surface area contributed by atoms with Gasteiger partial charge in [0.05, 0.1) is 5.75 Å². The molecular weight excluding hydrogens is 260 g/mol. The largest absolute Gasteiger partial charge is 0.326 e. The molecule has 4 nitrogen and oxygen atoms in total. The van der Waals surface area contributed by atoms with E-state index in [1.165, 1.54) is 0 Å². The van der Waals surface area contributed by atoms with Crippen molar-refractivity contribution < 1.29 is 8.42 Å². The fourth-order valence-electron chi connectivity index (χ4n) is 2.02. The first-order valence-electron chi connectivity index (χ1n) is 6.75. The molecule has 0 aliphatic rings. The molecule has 19 heavy (non-hydrogen) atoms.